The molecule has 0 unspecified atom stereocenters. The van der Waals surface area contributed by atoms with Crippen molar-refractivity contribution in [3.63, 3.8) is 0 Å². The fourth-order valence-electron chi connectivity index (χ4n) is 2.70. The fraction of sp³-hybridized carbons (Fsp3) is 0.529. The molecule has 5 nitrogen and oxygen atoms in total. The first kappa shape index (κ1) is 17.4. The average Bonchev–Trinajstić information content (AvgIpc) is 2.57. The number of nitrogens with one attached hydrogen (secondary N) is 1. The maximum atomic E-state index is 12.9. The van der Waals surface area contributed by atoms with Crippen molar-refractivity contribution in [3.8, 4) is 0 Å². The molecule has 126 valence electrons. The van der Waals surface area contributed by atoms with Gasteiger partial charge in [0.05, 0.1) is 13.0 Å². The third-order valence-electron chi connectivity index (χ3n) is 4.09. The van der Waals surface area contributed by atoms with Crippen LogP contribution in [-0.4, -0.2) is 50.1 Å². The Morgan fingerprint density at radius 1 is 1.26 bits per heavy atom. The summed E-state index contributed by atoms with van der Waals surface area (Å²) in [7, 11) is 1.59. The van der Waals surface area contributed by atoms with E-state index in [-0.39, 0.29) is 30.0 Å². The summed E-state index contributed by atoms with van der Waals surface area (Å²) in [6, 6.07) is 5.98. The Bertz CT molecular complexity index is 525. The number of methoxy groups -OCH3 is 1. The Balaban J connectivity index is 1.76. The Morgan fingerprint density at radius 3 is 2.52 bits per heavy atom. The van der Waals surface area contributed by atoms with Gasteiger partial charge in [0.2, 0.25) is 11.8 Å². The largest absolute Gasteiger partial charge is 0.383 e. The maximum absolute atomic E-state index is 12.9. The van der Waals surface area contributed by atoms with Crippen molar-refractivity contribution < 1.29 is 18.7 Å². The number of halogens is 1. The van der Waals surface area contributed by atoms with E-state index < -0.39 is 0 Å². The van der Waals surface area contributed by atoms with Gasteiger partial charge in [0.1, 0.15) is 5.82 Å². The van der Waals surface area contributed by atoms with Crippen molar-refractivity contribution in [1.82, 2.24) is 10.2 Å². The predicted octanol–water partition coefficient (Wildman–Crippen LogP) is 1.37. The lowest BCUT2D eigenvalue weighted by Gasteiger charge is -2.31. The number of piperidine rings is 1. The standard InChI is InChI=1S/C17H23FN2O3/c1-23-11-8-19-17(22)14-6-9-20(10-7-14)16(21)12-13-2-4-15(18)5-3-13/h2-5,14H,6-12H2,1H3,(H,19,22). The molecule has 1 fully saturated rings. The summed E-state index contributed by atoms with van der Waals surface area (Å²) in [5.74, 6) is -0.286. The Hall–Kier alpha value is -1.95. The molecule has 2 rings (SSSR count). The first-order valence-electron chi connectivity index (χ1n) is 7.89. The third kappa shape index (κ3) is 5.32. The molecule has 0 aliphatic carbocycles. The van der Waals surface area contributed by atoms with Crippen LogP contribution in [0.2, 0.25) is 0 Å². The molecule has 1 heterocycles. The Labute approximate surface area is 135 Å². The van der Waals surface area contributed by atoms with Crippen LogP contribution in [0.4, 0.5) is 4.39 Å². The maximum Gasteiger partial charge on any atom is 0.226 e. The zero-order chi connectivity index (χ0) is 16.7. The molecule has 1 N–H and O–H groups in total. The van der Waals surface area contributed by atoms with Crippen LogP contribution in [-0.2, 0) is 20.7 Å². The molecule has 0 atom stereocenters. The summed E-state index contributed by atoms with van der Waals surface area (Å²) in [5.41, 5.74) is 0.802. The molecule has 0 radical (unpaired) electrons. The second-order valence-electron chi connectivity index (χ2n) is 5.74. The minimum absolute atomic E-state index is 0.0230. The van der Waals surface area contributed by atoms with Gasteiger partial charge in [-0.05, 0) is 30.5 Å². The van der Waals surface area contributed by atoms with E-state index in [0.717, 1.165) is 5.56 Å². The van der Waals surface area contributed by atoms with E-state index in [1.165, 1.54) is 12.1 Å². The highest BCUT2D eigenvalue weighted by atomic mass is 19.1. The van der Waals surface area contributed by atoms with E-state index in [1.807, 2.05) is 0 Å². The summed E-state index contributed by atoms with van der Waals surface area (Å²) < 4.78 is 17.8. The van der Waals surface area contributed by atoms with Crippen LogP contribution in [0, 0.1) is 11.7 Å². The molecule has 6 heteroatoms. The van der Waals surface area contributed by atoms with Gasteiger partial charge < -0.3 is 15.0 Å². The molecule has 1 aliphatic heterocycles. The highest BCUT2D eigenvalue weighted by Gasteiger charge is 2.27. The second-order valence-corrected chi connectivity index (χ2v) is 5.74. The molecule has 1 aliphatic rings. The van der Waals surface area contributed by atoms with Crippen molar-refractivity contribution in [2.75, 3.05) is 33.4 Å². The van der Waals surface area contributed by atoms with E-state index in [1.54, 1.807) is 24.1 Å². The average molecular weight is 322 g/mol. The van der Waals surface area contributed by atoms with Crippen molar-refractivity contribution in [1.29, 1.82) is 0 Å². The number of amides is 2. The Kier molecular flexibility index (Phi) is 6.52. The van der Waals surface area contributed by atoms with Crippen LogP contribution in [0.25, 0.3) is 0 Å². The lowest BCUT2D eigenvalue weighted by molar-refractivity contribution is -0.135. The zero-order valence-corrected chi connectivity index (χ0v) is 13.4. The molecule has 2 amide bonds. The van der Waals surface area contributed by atoms with Crippen LogP contribution < -0.4 is 5.32 Å². The van der Waals surface area contributed by atoms with Crippen LogP contribution in [0.3, 0.4) is 0 Å². The van der Waals surface area contributed by atoms with Crippen LogP contribution in [0.15, 0.2) is 24.3 Å². The monoisotopic (exact) mass is 322 g/mol. The summed E-state index contributed by atoms with van der Waals surface area (Å²) in [5, 5.41) is 2.84. The van der Waals surface area contributed by atoms with Crippen LogP contribution in [0.1, 0.15) is 18.4 Å². The SMILES string of the molecule is COCCNC(=O)C1CCN(C(=O)Cc2ccc(F)cc2)CC1. The molecule has 0 aromatic heterocycles. The predicted molar refractivity (Wildman–Crippen MR) is 84.3 cm³/mol. The van der Waals surface area contributed by atoms with E-state index in [9.17, 15) is 14.0 Å². The minimum Gasteiger partial charge on any atom is -0.383 e. The van der Waals surface area contributed by atoms with Gasteiger partial charge in [-0.25, -0.2) is 4.39 Å². The van der Waals surface area contributed by atoms with E-state index in [4.69, 9.17) is 4.74 Å². The van der Waals surface area contributed by atoms with Crippen molar-refractivity contribution in [2.45, 2.75) is 19.3 Å². The number of ether oxygens (including phenoxy) is 1. The van der Waals surface area contributed by atoms with E-state index in [2.05, 4.69) is 5.32 Å². The topological polar surface area (TPSA) is 58.6 Å². The summed E-state index contributed by atoms with van der Waals surface area (Å²) in [6.45, 7) is 2.19. The molecular weight excluding hydrogens is 299 g/mol. The summed E-state index contributed by atoms with van der Waals surface area (Å²) in [4.78, 5) is 26.0. The molecule has 1 aromatic rings. The number of hydrogen-bond acceptors (Lipinski definition) is 3. The number of carbonyl (C=O) groups is 2. The normalized spacial score (nSPS) is 15.5. The number of carbonyl (C=O) groups excluding carboxylic acids is 2. The number of likely N-dealkylation sites (tertiary alicyclic amines) is 1. The number of rotatable bonds is 6. The van der Waals surface area contributed by atoms with Gasteiger partial charge in [0.15, 0.2) is 0 Å². The second kappa shape index (κ2) is 8.62. The molecule has 0 spiro atoms. The molecule has 1 aromatic carbocycles. The van der Waals surface area contributed by atoms with Crippen molar-refractivity contribution in [2.24, 2.45) is 5.92 Å². The highest BCUT2D eigenvalue weighted by molar-refractivity contribution is 5.81. The molecular formula is C17H23FN2O3. The molecule has 23 heavy (non-hydrogen) atoms. The van der Waals surface area contributed by atoms with Crippen molar-refractivity contribution >= 4 is 11.8 Å². The van der Waals surface area contributed by atoms with Crippen LogP contribution in [0.5, 0.6) is 0 Å². The van der Waals surface area contributed by atoms with Gasteiger partial charge in [-0.1, -0.05) is 12.1 Å². The minimum atomic E-state index is -0.304. The van der Waals surface area contributed by atoms with Gasteiger partial charge in [0, 0.05) is 32.7 Å². The van der Waals surface area contributed by atoms with E-state index in [0.29, 0.717) is 39.1 Å². The van der Waals surface area contributed by atoms with Crippen molar-refractivity contribution in [3.05, 3.63) is 35.6 Å². The number of hydrogen-bond donors (Lipinski definition) is 1. The first-order valence-corrected chi connectivity index (χ1v) is 7.89. The molecule has 0 saturated carbocycles. The quantitative estimate of drug-likeness (QED) is 0.805. The van der Waals surface area contributed by atoms with Gasteiger partial charge in [0.25, 0.3) is 0 Å². The first-order chi connectivity index (χ1) is 11.1. The lowest BCUT2D eigenvalue weighted by Crippen LogP contribution is -2.44. The van der Waals surface area contributed by atoms with Gasteiger partial charge in [-0.2, -0.15) is 0 Å². The third-order valence-corrected chi connectivity index (χ3v) is 4.09. The van der Waals surface area contributed by atoms with Gasteiger partial charge in [-0.3, -0.25) is 9.59 Å². The smallest absolute Gasteiger partial charge is 0.226 e. The molecule has 0 bridgehead atoms. The fourth-order valence-corrected chi connectivity index (χ4v) is 2.70. The van der Waals surface area contributed by atoms with Gasteiger partial charge in [-0.15, -0.1) is 0 Å². The van der Waals surface area contributed by atoms with E-state index >= 15 is 0 Å². The Morgan fingerprint density at radius 2 is 1.91 bits per heavy atom. The highest BCUT2D eigenvalue weighted by Crippen LogP contribution is 2.18. The zero-order valence-electron chi connectivity index (χ0n) is 13.4. The lowest BCUT2D eigenvalue weighted by atomic mass is 9.95. The molecule has 1 saturated heterocycles. The summed E-state index contributed by atoms with van der Waals surface area (Å²) in [6.07, 6.45) is 1.62. The number of nitrogens with zero attached hydrogens (tertiary/aromatic N) is 1. The summed E-state index contributed by atoms with van der Waals surface area (Å²) >= 11 is 0. The van der Waals surface area contributed by atoms with Gasteiger partial charge >= 0.3 is 0 Å². The van der Waals surface area contributed by atoms with Crippen LogP contribution >= 0.6 is 0 Å². The number of benzene rings is 1.